The summed E-state index contributed by atoms with van der Waals surface area (Å²) in [6.45, 7) is 0.299. The highest BCUT2D eigenvalue weighted by Gasteiger charge is 2.48. The number of fused-ring (bicyclic) bond motifs is 1. The summed E-state index contributed by atoms with van der Waals surface area (Å²) in [7, 11) is 1.49. The molecule has 1 atom stereocenters. The first kappa shape index (κ1) is 27.4. The summed E-state index contributed by atoms with van der Waals surface area (Å²) >= 11 is 7.36. The number of aliphatic hydroxyl groups excluding tert-OH is 1. The summed E-state index contributed by atoms with van der Waals surface area (Å²) in [5.74, 6) is -1.89. The number of Topliss-reactive ketones (excluding diaryl/α,β-unsaturated/α-hetero) is 1. The van der Waals surface area contributed by atoms with Crippen LogP contribution < -0.4 is 14.4 Å². The van der Waals surface area contributed by atoms with Gasteiger partial charge in [0.25, 0.3) is 5.78 Å². The molecule has 4 aromatic carbocycles. The van der Waals surface area contributed by atoms with Crippen molar-refractivity contribution in [2.45, 2.75) is 12.6 Å². The first-order valence-electron chi connectivity index (χ1n) is 12.8. The van der Waals surface area contributed by atoms with Crippen LogP contribution in [0.1, 0.15) is 22.7 Å². The molecule has 1 aliphatic rings. The summed E-state index contributed by atoms with van der Waals surface area (Å²) in [6.07, 6.45) is 0. The molecule has 1 aromatic heterocycles. The second-order valence-electron chi connectivity index (χ2n) is 9.47. The van der Waals surface area contributed by atoms with Crippen molar-refractivity contribution in [2.24, 2.45) is 0 Å². The van der Waals surface area contributed by atoms with E-state index in [4.69, 9.17) is 21.1 Å². The average molecular weight is 601 g/mol. The number of carbonyl (C=O) groups excluding carboxylic acids is 2. The van der Waals surface area contributed by atoms with Gasteiger partial charge in [0, 0.05) is 10.6 Å². The molecule has 0 aliphatic carbocycles. The summed E-state index contributed by atoms with van der Waals surface area (Å²) < 4.78 is 26.0. The number of aliphatic hydroxyl groups is 1. The Morgan fingerprint density at radius 1 is 1.00 bits per heavy atom. The van der Waals surface area contributed by atoms with Crippen LogP contribution in [0.3, 0.4) is 0 Å². The monoisotopic (exact) mass is 600 g/mol. The number of halogens is 2. The molecule has 6 rings (SSSR count). The quantitative estimate of drug-likeness (QED) is 0.120. The van der Waals surface area contributed by atoms with Gasteiger partial charge in [-0.1, -0.05) is 59.3 Å². The van der Waals surface area contributed by atoms with Gasteiger partial charge in [-0.15, -0.1) is 0 Å². The Balaban J connectivity index is 1.48. The second-order valence-corrected chi connectivity index (χ2v) is 10.9. The van der Waals surface area contributed by atoms with Crippen molar-refractivity contribution >= 4 is 55.7 Å². The fraction of sp³-hybridized carbons (Fsp3) is 0.0938. The van der Waals surface area contributed by atoms with Gasteiger partial charge in [0.2, 0.25) is 0 Å². The van der Waals surface area contributed by atoms with Gasteiger partial charge in [-0.2, -0.15) is 0 Å². The van der Waals surface area contributed by atoms with Crippen LogP contribution in [-0.2, 0) is 16.2 Å². The van der Waals surface area contributed by atoms with E-state index in [0.717, 1.165) is 10.3 Å². The maximum Gasteiger partial charge on any atom is 0.301 e. The maximum atomic E-state index is 13.6. The first-order chi connectivity index (χ1) is 20.3. The lowest BCUT2D eigenvalue weighted by Gasteiger charge is -2.24. The van der Waals surface area contributed by atoms with E-state index in [0.29, 0.717) is 34.2 Å². The smallest absolute Gasteiger partial charge is 0.301 e. The third-order valence-corrected chi connectivity index (χ3v) is 8.10. The molecule has 0 bridgehead atoms. The third kappa shape index (κ3) is 5.08. The van der Waals surface area contributed by atoms with E-state index in [1.165, 1.54) is 47.6 Å². The number of carbonyl (C=O) groups is 2. The predicted octanol–water partition coefficient (Wildman–Crippen LogP) is 7.30. The number of methoxy groups -OCH3 is 1. The Labute approximate surface area is 249 Å². The van der Waals surface area contributed by atoms with Crippen molar-refractivity contribution in [3.05, 3.63) is 124 Å². The minimum Gasteiger partial charge on any atom is -0.507 e. The molecule has 1 N–H and O–H groups in total. The number of hydrogen-bond acceptors (Lipinski definition) is 7. The number of thiazole rings is 1. The van der Waals surface area contributed by atoms with Crippen LogP contribution in [0.4, 0.5) is 9.52 Å². The Morgan fingerprint density at radius 2 is 1.76 bits per heavy atom. The number of ketones is 1. The van der Waals surface area contributed by atoms with Gasteiger partial charge in [-0.3, -0.25) is 14.5 Å². The number of benzene rings is 4. The molecule has 210 valence electrons. The van der Waals surface area contributed by atoms with E-state index in [9.17, 15) is 19.1 Å². The van der Waals surface area contributed by atoms with Gasteiger partial charge in [0.05, 0.1) is 28.9 Å². The number of amides is 1. The predicted molar refractivity (Wildman–Crippen MR) is 160 cm³/mol. The van der Waals surface area contributed by atoms with E-state index >= 15 is 0 Å². The number of rotatable bonds is 7. The molecular formula is C32H22ClFN2O5S. The molecule has 5 aromatic rings. The van der Waals surface area contributed by atoms with E-state index in [1.54, 1.807) is 36.4 Å². The largest absolute Gasteiger partial charge is 0.507 e. The zero-order valence-electron chi connectivity index (χ0n) is 22.1. The van der Waals surface area contributed by atoms with Gasteiger partial charge < -0.3 is 14.6 Å². The fourth-order valence-corrected chi connectivity index (χ4v) is 6.07. The molecule has 1 fully saturated rings. The standard InChI is InChI=1S/C32H22ClFN2O5S/c1-40-25-15-20(9-14-24(25)41-17-18-5-3-2-4-6-18)28-27(29(37)19-7-11-22(34)12-8-19)30(38)31(39)36(28)32-35-23-13-10-21(33)16-26(23)42-32/h2-16,28,37H,17H2,1H3. The molecule has 2 heterocycles. The Hall–Kier alpha value is -4.73. The summed E-state index contributed by atoms with van der Waals surface area (Å²) in [5.41, 5.74) is 2.06. The zero-order valence-corrected chi connectivity index (χ0v) is 23.7. The molecule has 10 heteroatoms. The SMILES string of the molecule is COc1cc(C2C(=C(O)c3ccc(F)cc3)C(=O)C(=O)N2c2nc3ccc(Cl)cc3s2)ccc1OCc1ccccc1. The molecule has 1 unspecified atom stereocenters. The van der Waals surface area contributed by atoms with Crippen molar-refractivity contribution < 1.29 is 28.6 Å². The Morgan fingerprint density at radius 3 is 2.50 bits per heavy atom. The lowest BCUT2D eigenvalue weighted by Crippen LogP contribution is -2.29. The molecule has 0 radical (unpaired) electrons. The Bertz CT molecular complexity index is 1860. The molecule has 42 heavy (non-hydrogen) atoms. The average Bonchev–Trinajstić information content (AvgIpc) is 3.53. The van der Waals surface area contributed by atoms with Gasteiger partial charge in [-0.05, 0) is 65.7 Å². The zero-order chi connectivity index (χ0) is 29.4. The lowest BCUT2D eigenvalue weighted by atomic mass is 9.95. The number of ether oxygens (including phenoxy) is 2. The van der Waals surface area contributed by atoms with E-state index in [1.807, 2.05) is 30.3 Å². The highest BCUT2D eigenvalue weighted by Crippen LogP contribution is 2.46. The number of aromatic nitrogens is 1. The Kier molecular flexibility index (Phi) is 7.36. The van der Waals surface area contributed by atoms with Crippen LogP contribution in [0, 0.1) is 5.82 Å². The van der Waals surface area contributed by atoms with Crippen LogP contribution in [0.5, 0.6) is 11.5 Å². The van der Waals surface area contributed by atoms with Crippen molar-refractivity contribution in [3.8, 4) is 11.5 Å². The van der Waals surface area contributed by atoms with Gasteiger partial charge in [-0.25, -0.2) is 9.37 Å². The molecule has 1 saturated heterocycles. The maximum absolute atomic E-state index is 13.6. The van der Waals surface area contributed by atoms with Crippen molar-refractivity contribution in [2.75, 3.05) is 12.0 Å². The van der Waals surface area contributed by atoms with Crippen LogP contribution in [0.2, 0.25) is 5.02 Å². The van der Waals surface area contributed by atoms with E-state index in [-0.39, 0.29) is 16.3 Å². The lowest BCUT2D eigenvalue weighted by molar-refractivity contribution is -0.132. The summed E-state index contributed by atoms with van der Waals surface area (Å²) in [5, 5.41) is 12.1. The minimum atomic E-state index is -1.07. The summed E-state index contributed by atoms with van der Waals surface area (Å²) in [4.78, 5) is 33.0. The molecule has 1 amide bonds. The minimum absolute atomic E-state index is 0.163. The summed E-state index contributed by atoms with van der Waals surface area (Å²) in [6, 6.07) is 23.8. The molecule has 7 nitrogen and oxygen atoms in total. The van der Waals surface area contributed by atoms with E-state index in [2.05, 4.69) is 4.98 Å². The van der Waals surface area contributed by atoms with Crippen LogP contribution in [0.25, 0.3) is 16.0 Å². The van der Waals surface area contributed by atoms with E-state index < -0.39 is 29.3 Å². The third-order valence-electron chi connectivity index (χ3n) is 6.85. The van der Waals surface area contributed by atoms with Crippen molar-refractivity contribution in [3.63, 3.8) is 0 Å². The van der Waals surface area contributed by atoms with Crippen LogP contribution in [-0.4, -0.2) is 28.9 Å². The normalized spacial score (nSPS) is 16.3. The first-order valence-corrected chi connectivity index (χ1v) is 14.0. The van der Waals surface area contributed by atoms with Gasteiger partial charge in [0.15, 0.2) is 16.6 Å². The van der Waals surface area contributed by atoms with Crippen LogP contribution in [0.15, 0.2) is 96.6 Å². The fourth-order valence-electron chi connectivity index (χ4n) is 4.81. The highest BCUT2D eigenvalue weighted by atomic mass is 35.5. The number of anilines is 1. The van der Waals surface area contributed by atoms with Gasteiger partial charge in [0.1, 0.15) is 18.2 Å². The molecule has 0 saturated carbocycles. The van der Waals surface area contributed by atoms with Crippen molar-refractivity contribution in [1.29, 1.82) is 0 Å². The topological polar surface area (TPSA) is 89.0 Å². The van der Waals surface area contributed by atoms with Gasteiger partial charge >= 0.3 is 5.91 Å². The number of nitrogens with zero attached hydrogens (tertiary/aromatic N) is 2. The number of hydrogen-bond donors (Lipinski definition) is 1. The van der Waals surface area contributed by atoms with Crippen molar-refractivity contribution in [1.82, 2.24) is 4.98 Å². The second kappa shape index (κ2) is 11.3. The van der Waals surface area contributed by atoms with Crippen LogP contribution >= 0.6 is 22.9 Å². The molecular weight excluding hydrogens is 579 g/mol. The molecule has 0 spiro atoms. The highest BCUT2D eigenvalue weighted by molar-refractivity contribution is 7.22. The molecule has 1 aliphatic heterocycles.